The molecule has 0 atom stereocenters. The Bertz CT molecular complexity index is 784. The van der Waals surface area contributed by atoms with Crippen molar-refractivity contribution in [2.45, 2.75) is 142 Å². The SMILES string of the molecule is CCCCCC1CCC(CCc2ccc(-c3ccc(CCC4CCC(CCCCC)CC4)cc3)cc2)CC1. The molecule has 0 N–H and O–H groups in total. The van der Waals surface area contributed by atoms with Gasteiger partial charge in [-0.15, -0.1) is 0 Å². The molecule has 0 spiro atoms. The van der Waals surface area contributed by atoms with E-state index in [0.717, 1.165) is 23.7 Å². The molecule has 0 saturated heterocycles. The predicted molar refractivity (Wildman–Crippen MR) is 168 cm³/mol. The van der Waals surface area contributed by atoms with Gasteiger partial charge in [-0.3, -0.25) is 0 Å². The highest BCUT2D eigenvalue weighted by molar-refractivity contribution is 5.64. The fraction of sp³-hybridized carbons (Fsp3) is 0.684. The summed E-state index contributed by atoms with van der Waals surface area (Å²) < 4.78 is 0. The highest BCUT2D eigenvalue weighted by Crippen LogP contribution is 2.35. The Hall–Kier alpha value is -1.56. The number of aryl methyl sites for hydroxylation is 2. The number of hydrogen-bond acceptors (Lipinski definition) is 0. The van der Waals surface area contributed by atoms with E-state index in [1.807, 2.05) is 0 Å². The fourth-order valence-electron chi connectivity index (χ4n) is 7.45. The van der Waals surface area contributed by atoms with E-state index >= 15 is 0 Å². The molecule has 0 unspecified atom stereocenters. The van der Waals surface area contributed by atoms with E-state index in [2.05, 4.69) is 62.4 Å². The van der Waals surface area contributed by atoms with Gasteiger partial charge in [0, 0.05) is 0 Å². The Morgan fingerprint density at radius 3 is 1.05 bits per heavy atom. The van der Waals surface area contributed by atoms with E-state index in [1.165, 1.54) is 151 Å². The van der Waals surface area contributed by atoms with Gasteiger partial charge < -0.3 is 0 Å². The summed E-state index contributed by atoms with van der Waals surface area (Å²) in [6, 6.07) is 19.0. The quantitative estimate of drug-likeness (QED) is 0.207. The fourth-order valence-corrected chi connectivity index (χ4v) is 7.45. The third-order valence-corrected chi connectivity index (χ3v) is 10.3. The van der Waals surface area contributed by atoms with Crippen molar-refractivity contribution in [2.24, 2.45) is 23.7 Å². The van der Waals surface area contributed by atoms with Crippen LogP contribution in [0.15, 0.2) is 48.5 Å². The Kier molecular flexibility index (Phi) is 12.8. The van der Waals surface area contributed by atoms with Crippen LogP contribution in [0.5, 0.6) is 0 Å². The third kappa shape index (κ3) is 9.88. The molecule has 2 aliphatic carbocycles. The molecule has 0 nitrogen and oxygen atoms in total. The summed E-state index contributed by atoms with van der Waals surface area (Å²) in [5.41, 5.74) is 5.79. The number of benzene rings is 2. The third-order valence-electron chi connectivity index (χ3n) is 10.3. The first-order chi connectivity index (χ1) is 18.7. The first-order valence-corrected chi connectivity index (χ1v) is 16.9. The van der Waals surface area contributed by atoms with E-state index < -0.39 is 0 Å². The Morgan fingerprint density at radius 2 is 0.737 bits per heavy atom. The van der Waals surface area contributed by atoms with Crippen LogP contribution >= 0.6 is 0 Å². The van der Waals surface area contributed by atoms with Crippen molar-refractivity contribution in [1.82, 2.24) is 0 Å². The van der Waals surface area contributed by atoms with Gasteiger partial charge in [0.2, 0.25) is 0 Å². The van der Waals surface area contributed by atoms with Gasteiger partial charge >= 0.3 is 0 Å². The first kappa shape index (κ1) is 29.4. The van der Waals surface area contributed by atoms with E-state index in [1.54, 1.807) is 0 Å². The molecule has 0 radical (unpaired) electrons. The molecule has 2 saturated carbocycles. The van der Waals surface area contributed by atoms with Crippen molar-refractivity contribution in [1.29, 1.82) is 0 Å². The molecule has 0 bridgehead atoms. The van der Waals surface area contributed by atoms with Crippen LogP contribution in [-0.4, -0.2) is 0 Å². The summed E-state index contributed by atoms with van der Waals surface area (Å²) in [5.74, 6) is 3.99. The summed E-state index contributed by atoms with van der Waals surface area (Å²) in [6.07, 6.45) is 28.6. The molecule has 2 aromatic carbocycles. The highest BCUT2D eigenvalue weighted by atomic mass is 14.3. The van der Waals surface area contributed by atoms with Crippen molar-refractivity contribution >= 4 is 0 Å². The lowest BCUT2D eigenvalue weighted by molar-refractivity contribution is 0.249. The second-order valence-electron chi connectivity index (χ2n) is 13.2. The average Bonchev–Trinajstić information content (AvgIpc) is 2.97. The normalized spacial score (nSPS) is 23.9. The van der Waals surface area contributed by atoms with Crippen molar-refractivity contribution in [3.05, 3.63) is 59.7 Å². The minimum Gasteiger partial charge on any atom is -0.0654 e. The number of rotatable bonds is 15. The molecule has 210 valence electrons. The summed E-state index contributed by atoms with van der Waals surface area (Å²) in [6.45, 7) is 4.64. The van der Waals surface area contributed by atoms with Gasteiger partial charge in [-0.2, -0.15) is 0 Å². The monoisotopic (exact) mass is 514 g/mol. The molecule has 38 heavy (non-hydrogen) atoms. The summed E-state index contributed by atoms with van der Waals surface area (Å²) in [4.78, 5) is 0. The zero-order valence-corrected chi connectivity index (χ0v) is 25.1. The average molecular weight is 515 g/mol. The van der Waals surface area contributed by atoms with Crippen molar-refractivity contribution in [2.75, 3.05) is 0 Å². The van der Waals surface area contributed by atoms with Gasteiger partial charge in [-0.05, 0) is 71.6 Å². The van der Waals surface area contributed by atoms with E-state index in [0.29, 0.717) is 0 Å². The smallest absolute Gasteiger partial charge is 0.0184 e. The van der Waals surface area contributed by atoms with Crippen LogP contribution < -0.4 is 0 Å². The van der Waals surface area contributed by atoms with E-state index in [-0.39, 0.29) is 0 Å². The minimum atomic E-state index is 0.963. The van der Waals surface area contributed by atoms with Crippen molar-refractivity contribution in [3.63, 3.8) is 0 Å². The maximum Gasteiger partial charge on any atom is -0.0184 e. The molecule has 2 fully saturated rings. The van der Waals surface area contributed by atoms with Crippen LogP contribution in [0, 0.1) is 23.7 Å². The van der Waals surface area contributed by atoms with Gasteiger partial charge in [0.1, 0.15) is 0 Å². The summed E-state index contributed by atoms with van der Waals surface area (Å²) in [7, 11) is 0. The van der Waals surface area contributed by atoms with Crippen LogP contribution in [-0.2, 0) is 12.8 Å². The van der Waals surface area contributed by atoms with Gasteiger partial charge in [-0.1, -0.05) is 165 Å². The van der Waals surface area contributed by atoms with Gasteiger partial charge in [0.25, 0.3) is 0 Å². The van der Waals surface area contributed by atoms with Crippen LogP contribution in [0.25, 0.3) is 11.1 Å². The van der Waals surface area contributed by atoms with E-state index in [4.69, 9.17) is 0 Å². The van der Waals surface area contributed by atoms with Crippen LogP contribution in [0.4, 0.5) is 0 Å². The maximum atomic E-state index is 2.39. The first-order valence-electron chi connectivity index (χ1n) is 16.9. The Labute approximate surface area is 236 Å². The molecule has 0 heteroatoms. The molecule has 0 heterocycles. The van der Waals surface area contributed by atoms with E-state index in [9.17, 15) is 0 Å². The zero-order chi connectivity index (χ0) is 26.4. The van der Waals surface area contributed by atoms with Crippen LogP contribution in [0.3, 0.4) is 0 Å². The standard InChI is InChI=1S/C38H58/c1-3-5-7-9-31-11-15-33(16-12-31)19-21-35-23-27-37(28-24-35)38-29-25-36(26-30-38)22-20-34-17-13-32(14-18-34)10-8-6-4-2/h23-34H,3-22H2,1-2H3. The lowest BCUT2D eigenvalue weighted by Crippen LogP contribution is -2.15. The summed E-state index contributed by atoms with van der Waals surface area (Å²) >= 11 is 0. The second kappa shape index (κ2) is 16.5. The predicted octanol–water partition coefficient (Wildman–Crippen LogP) is 12.0. The Balaban J connectivity index is 1.14. The molecular weight excluding hydrogens is 456 g/mol. The Morgan fingerprint density at radius 1 is 0.421 bits per heavy atom. The largest absolute Gasteiger partial charge is 0.0654 e. The molecule has 2 aliphatic rings. The van der Waals surface area contributed by atoms with Crippen LogP contribution in [0.2, 0.25) is 0 Å². The number of unbranched alkanes of at least 4 members (excludes halogenated alkanes) is 4. The minimum absolute atomic E-state index is 0.963. The molecule has 2 aromatic rings. The lowest BCUT2D eigenvalue weighted by Gasteiger charge is -2.28. The summed E-state index contributed by atoms with van der Waals surface area (Å²) in [5, 5.41) is 0. The number of hydrogen-bond donors (Lipinski definition) is 0. The van der Waals surface area contributed by atoms with Crippen molar-refractivity contribution in [3.8, 4) is 11.1 Å². The molecule has 0 aromatic heterocycles. The second-order valence-corrected chi connectivity index (χ2v) is 13.2. The van der Waals surface area contributed by atoms with Gasteiger partial charge in [0.15, 0.2) is 0 Å². The van der Waals surface area contributed by atoms with Crippen molar-refractivity contribution < 1.29 is 0 Å². The van der Waals surface area contributed by atoms with Gasteiger partial charge in [0.05, 0.1) is 0 Å². The topological polar surface area (TPSA) is 0 Å². The maximum absolute atomic E-state index is 2.39. The van der Waals surface area contributed by atoms with Crippen LogP contribution in [0.1, 0.15) is 141 Å². The molecule has 0 amide bonds. The molecule has 4 rings (SSSR count). The highest BCUT2D eigenvalue weighted by Gasteiger charge is 2.21. The lowest BCUT2D eigenvalue weighted by atomic mass is 9.77. The zero-order valence-electron chi connectivity index (χ0n) is 25.1. The molecule has 0 aliphatic heterocycles. The molecular formula is C38H58. The van der Waals surface area contributed by atoms with Gasteiger partial charge in [-0.25, -0.2) is 0 Å².